The van der Waals surface area contributed by atoms with E-state index in [4.69, 9.17) is 11.6 Å². The zero-order valence-corrected chi connectivity index (χ0v) is 8.67. The third-order valence-electron chi connectivity index (χ3n) is 2.15. The first-order valence-corrected chi connectivity index (χ1v) is 4.77. The predicted octanol–water partition coefficient (Wildman–Crippen LogP) is 3.92. The number of rotatable bonds is 1. The third-order valence-corrected chi connectivity index (χ3v) is 2.45. The minimum Gasteiger partial charge on any atom is -0.254 e. The third kappa shape index (κ3) is 1.40. The first kappa shape index (κ1) is 9.22. The molecule has 0 saturated heterocycles. The van der Waals surface area contributed by atoms with Gasteiger partial charge in [0.1, 0.15) is 0 Å². The Hall–Kier alpha value is -1.34. The second-order valence-electron chi connectivity index (χ2n) is 3.28. The first-order valence-electron chi connectivity index (χ1n) is 4.39. The molecular weight excluding hydrogens is 194 g/mol. The molecule has 2 heteroatoms. The Labute approximate surface area is 88.0 Å². The van der Waals surface area contributed by atoms with E-state index in [1.165, 1.54) is 0 Å². The molecule has 0 amide bonds. The van der Waals surface area contributed by atoms with Gasteiger partial charge in [-0.2, -0.15) is 0 Å². The van der Waals surface area contributed by atoms with E-state index >= 15 is 0 Å². The molecule has 0 saturated carbocycles. The smallest absolute Gasteiger partial charge is 0.0732 e. The Morgan fingerprint density at radius 2 is 1.93 bits per heavy atom. The van der Waals surface area contributed by atoms with Crippen molar-refractivity contribution in [1.82, 2.24) is 4.98 Å². The maximum absolute atomic E-state index is 6.04. The van der Waals surface area contributed by atoms with Crippen LogP contribution in [-0.2, 0) is 0 Å². The maximum atomic E-state index is 6.04. The topological polar surface area (TPSA) is 12.9 Å². The molecule has 1 aromatic carbocycles. The van der Waals surface area contributed by atoms with Gasteiger partial charge in [0.2, 0.25) is 0 Å². The summed E-state index contributed by atoms with van der Waals surface area (Å²) in [5.74, 6) is 0. The molecule has 0 aliphatic rings. The lowest BCUT2D eigenvalue weighted by Crippen LogP contribution is -1.87. The Morgan fingerprint density at radius 3 is 2.57 bits per heavy atom. The van der Waals surface area contributed by atoms with Crippen LogP contribution in [0, 0.1) is 0 Å². The number of allylic oxidation sites excluding steroid dienone is 1. The zero-order chi connectivity index (χ0) is 10.1. The van der Waals surface area contributed by atoms with Crippen LogP contribution in [0.15, 0.2) is 37.0 Å². The number of fused-ring (bicyclic) bond motifs is 1. The summed E-state index contributed by atoms with van der Waals surface area (Å²) < 4.78 is 0. The molecular formula is C12H10ClN. The molecule has 0 radical (unpaired) electrons. The van der Waals surface area contributed by atoms with E-state index in [0.29, 0.717) is 5.02 Å². The molecule has 2 rings (SSSR count). The molecule has 0 fully saturated rings. The molecule has 0 atom stereocenters. The fourth-order valence-electron chi connectivity index (χ4n) is 1.50. The molecule has 0 aliphatic heterocycles. The predicted molar refractivity (Wildman–Crippen MR) is 61.5 cm³/mol. The standard InChI is InChI=1S/C12H10ClN/c1-8(2)12-10-6-4-3-5-9(10)11(13)7-14-12/h3-7H,1H2,2H3. The summed E-state index contributed by atoms with van der Waals surface area (Å²) in [5.41, 5.74) is 1.88. The molecule has 70 valence electrons. The highest BCUT2D eigenvalue weighted by Gasteiger charge is 2.05. The summed E-state index contributed by atoms with van der Waals surface area (Å²) in [6.45, 7) is 5.85. The molecule has 0 spiro atoms. The fraction of sp³-hybridized carbons (Fsp3) is 0.0833. The molecule has 14 heavy (non-hydrogen) atoms. The minimum atomic E-state index is 0.686. The molecule has 2 aromatic rings. The van der Waals surface area contributed by atoms with Crippen molar-refractivity contribution in [3.8, 4) is 0 Å². The van der Waals surface area contributed by atoms with Crippen molar-refractivity contribution in [2.24, 2.45) is 0 Å². The molecule has 0 bridgehead atoms. The van der Waals surface area contributed by atoms with E-state index in [1.54, 1.807) is 6.20 Å². The molecule has 1 nitrogen and oxygen atoms in total. The summed E-state index contributed by atoms with van der Waals surface area (Å²) in [5, 5.41) is 2.78. The molecule has 0 aliphatic carbocycles. The number of hydrogen-bond donors (Lipinski definition) is 0. The van der Waals surface area contributed by atoms with Crippen LogP contribution in [0.25, 0.3) is 16.3 Å². The summed E-state index contributed by atoms with van der Waals surface area (Å²) in [7, 11) is 0. The van der Waals surface area contributed by atoms with Gasteiger partial charge in [0.05, 0.1) is 10.7 Å². The van der Waals surface area contributed by atoms with Gasteiger partial charge in [-0.15, -0.1) is 0 Å². The first-order chi connectivity index (χ1) is 6.70. The molecule has 1 heterocycles. The van der Waals surface area contributed by atoms with E-state index in [0.717, 1.165) is 22.0 Å². The maximum Gasteiger partial charge on any atom is 0.0732 e. The van der Waals surface area contributed by atoms with Crippen LogP contribution >= 0.6 is 11.6 Å². The van der Waals surface area contributed by atoms with Crippen molar-refractivity contribution in [3.05, 3.63) is 47.8 Å². The highest BCUT2D eigenvalue weighted by molar-refractivity contribution is 6.35. The second kappa shape index (κ2) is 3.43. The van der Waals surface area contributed by atoms with Crippen molar-refractivity contribution in [3.63, 3.8) is 0 Å². The Balaban J connectivity index is 2.88. The van der Waals surface area contributed by atoms with Gasteiger partial charge in [-0.05, 0) is 12.5 Å². The lowest BCUT2D eigenvalue weighted by Gasteiger charge is -2.05. The van der Waals surface area contributed by atoms with Crippen LogP contribution < -0.4 is 0 Å². The number of benzene rings is 1. The summed E-state index contributed by atoms with van der Waals surface area (Å²) in [6.07, 6.45) is 1.67. The van der Waals surface area contributed by atoms with Crippen LogP contribution in [0.4, 0.5) is 0 Å². The van der Waals surface area contributed by atoms with Crippen LogP contribution in [0.3, 0.4) is 0 Å². The normalized spacial score (nSPS) is 10.4. The van der Waals surface area contributed by atoms with Crippen LogP contribution in [-0.4, -0.2) is 4.98 Å². The molecule has 0 N–H and O–H groups in total. The van der Waals surface area contributed by atoms with Gasteiger partial charge >= 0.3 is 0 Å². The lowest BCUT2D eigenvalue weighted by atomic mass is 10.1. The van der Waals surface area contributed by atoms with E-state index in [9.17, 15) is 0 Å². The molecule has 0 unspecified atom stereocenters. The highest BCUT2D eigenvalue weighted by Crippen LogP contribution is 2.27. The Kier molecular flexibility index (Phi) is 2.26. The Morgan fingerprint density at radius 1 is 1.29 bits per heavy atom. The monoisotopic (exact) mass is 203 g/mol. The number of halogens is 1. The average molecular weight is 204 g/mol. The SMILES string of the molecule is C=C(C)c1ncc(Cl)c2ccccc12. The number of hydrogen-bond acceptors (Lipinski definition) is 1. The summed E-state index contributed by atoms with van der Waals surface area (Å²) in [4.78, 5) is 4.27. The van der Waals surface area contributed by atoms with Crippen LogP contribution in [0.5, 0.6) is 0 Å². The van der Waals surface area contributed by atoms with Crippen LogP contribution in [0.1, 0.15) is 12.6 Å². The van der Waals surface area contributed by atoms with E-state index in [1.807, 2.05) is 31.2 Å². The van der Waals surface area contributed by atoms with E-state index in [-0.39, 0.29) is 0 Å². The quantitative estimate of drug-likeness (QED) is 0.685. The van der Waals surface area contributed by atoms with Crippen molar-refractivity contribution >= 4 is 27.9 Å². The van der Waals surface area contributed by atoms with E-state index < -0.39 is 0 Å². The lowest BCUT2D eigenvalue weighted by molar-refractivity contribution is 1.30. The van der Waals surface area contributed by atoms with Crippen molar-refractivity contribution < 1.29 is 0 Å². The van der Waals surface area contributed by atoms with Crippen LogP contribution in [0.2, 0.25) is 5.02 Å². The summed E-state index contributed by atoms with van der Waals surface area (Å²) in [6, 6.07) is 7.95. The van der Waals surface area contributed by atoms with Gasteiger partial charge in [0, 0.05) is 17.0 Å². The van der Waals surface area contributed by atoms with E-state index in [2.05, 4.69) is 11.6 Å². The Bertz CT molecular complexity index is 503. The zero-order valence-electron chi connectivity index (χ0n) is 7.92. The van der Waals surface area contributed by atoms with Gasteiger partial charge in [-0.1, -0.05) is 42.4 Å². The number of nitrogens with zero attached hydrogens (tertiary/aromatic N) is 1. The van der Waals surface area contributed by atoms with Gasteiger partial charge in [-0.25, -0.2) is 0 Å². The van der Waals surface area contributed by atoms with Gasteiger partial charge < -0.3 is 0 Å². The summed E-state index contributed by atoms with van der Waals surface area (Å²) >= 11 is 6.04. The van der Waals surface area contributed by atoms with Gasteiger partial charge in [0.25, 0.3) is 0 Å². The molecule has 1 aromatic heterocycles. The number of pyridine rings is 1. The highest BCUT2D eigenvalue weighted by atomic mass is 35.5. The van der Waals surface area contributed by atoms with Crippen molar-refractivity contribution in [2.75, 3.05) is 0 Å². The largest absolute Gasteiger partial charge is 0.254 e. The fourth-order valence-corrected chi connectivity index (χ4v) is 1.71. The minimum absolute atomic E-state index is 0.686. The average Bonchev–Trinajstić information content (AvgIpc) is 2.18. The second-order valence-corrected chi connectivity index (χ2v) is 3.69. The van der Waals surface area contributed by atoms with Crippen molar-refractivity contribution in [1.29, 1.82) is 0 Å². The van der Waals surface area contributed by atoms with Gasteiger partial charge in [0.15, 0.2) is 0 Å². The van der Waals surface area contributed by atoms with Gasteiger partial charge in [-0.3, -0.25) is 4.98 Å². The van der Waals surface area contributed by atoms with Crippen molar-refractivity contribution in [2.45, 2.75) is 6.92 Å². The number of aromatic nitrogens is 1.